The van der Waals surface area contributed by atoms with E-state index in [0.717, 1.165) is 17.7 Å². The molecule has 0 bridgehead atoms. The van der Waals surface area contributed by atoms with Gasteiger partial charge in [-0.2, -0.15) is 0 Å². The molecule has 1 spiro atoms. The lowest BCUT2D eigenvalue weighted by molar-refractivity contribution is -0.156. The van der Waals surface area contributed by atoms with Crippen LogP contribution in [0.3, 0.4) is 0 Å². The number of morpholine rings is 1. The summed E-state index contributed by atoms with van der Waals surface area (Å²) in [5.41, 5.74) is 0.680. The first-order valence-corrected chi connectivity index (χ1v) is 9.19. The number of barbiturate groups is 1. The Bertz CT molecular complexity index is 765. The normalized spacial score (nSPS) is 28.0. The Kier molecular flexibility index (Phi) is 4.19. The monoisotopic (exact) mass is 357 g/mol. The van der Waals surface area contributed by atoms with Crippen molar-refractivity contribution in [2.45, 2.75) is 32.2 Å². The number of carbonyl (C=O) groups is 3. The summed E-state index contributed by atoms with van der Waals surface area (Å²) in [5, 5.41) is 2.44. The molecule has 2 fully saturated rings. The van der Waals surface area contributed by atoms with E-state index in [2.05, 4.69) is 10.2 Å². The molecule has 0 aliphatic carbocycles. The second-order valence-electron chi connectivity index (χ2n) is 7.13. The molecule has 2 saturated heterocycles. The number of hydrogen-bond donors (Lipinski definition) is 1. The highest BCUT2D eigenvalue weighted by molar-refractivity contribution is 6.20. The second kappa shape index (κ2) is 6.39. The number of para-hydroxylation sites is 1. The zero-order chi connectivity index (χ0) is 18.3. The van der Waals surface area contributed by atoms with E-state index < -0.39 is 29.3 Å². The van der Waals surface area contributed by atoms with Crippen LogP contribution < -0.4 is 10.2 Å². The van der Waals surface area contributed by atoms with Gasteiger partial charge in [0.1, 0.15) is 0 Å². The van der Waals surface area contributed by atoms with Crippen LogP contribution in [0, 0.1) is 5.41 Å². The summed E-state index contributed by atoms with van der Waals surface area (Å²) in [6, 6.07) is 6.83. The highest BCUT2D eigenvalue weighted by Gasteiger charge is 2.62. The Morgan fingerprint density at radius 1 is 1.27 bits per heavy atom. The van der Waals surface area contributed by atoms with E-state index >= 15 is 0 Å². The van der Waals surface area contributed by atoms with Crippen LogP contribution in [0.5, 0.6) is 0 Å². The van der Waals surface area contributed by atoms with Crippen molar-refractivity contribution in [3.05, 3.63) is 29.8 Å². The first-order chi connectivity index (χ1) is 12.6. The van der Waals surface area contributed by atoms with Crippen LogP contribution in [0.2, 0.25) is 0 Å². The Labute approximate surface area is 152 Å². The largest absolute Gasteiger partial charge is 0.377 e. The molecule has 2 atom stereocenters. The van der Waals surface area contributed by atoms with E-state index in [0.29, 0.717) is 32.7 Å². The molecule has 4 rings (SSSR count). The number of rotatable bonds is 3. The van der Waals surface area contributed by atoms with Gasteiger partial charge in [0, 0.05) is 18.8 Å². The molecule has 0 radical (unpaired) electrons. The van der Waals surface area contributed by atoms with E-state index in [9.17, 15) is 14.4 Å². The highest BCUT2D eigenvalue weighted by Crippen LogP contribution is 2.45. The molecule has 1 N–H and O–H groups in total. The van der Waals surface area contributed by atoms with Crippen LogP contribution in [0.25, 0.3) is 0 Å². The SMILES string of the molecule is CCCCN1C(=O)NC(=O)[C@@]2(Cc3ccccc3N3CCOC[C@H]32)C1=O. The third-order valence-electron chi connectivity index (χ3n) is 5.70. The minimum absolute atomic E-state index is 0.286. The Morgan fingerprint density at radius 3 is 2.88 bits per heavy atom. The fourth-order valence-electron chi connectivity index (χ4n) is 4.33. The lowest BCUT2D eigenvalue weighted by atomic mass is 9.68. The number of anilines is 1. The van der Waals surface area contributed by atoms with Crippen molar-refractivity contribution in [1.29, 1.82) is 0 Å². The van der Waals surface area contributed by atoms with Gasteiger partial charge < -0.3 is 9.64 Å². The molecule has 7 nitrogen and oxygen atoms in total. The predicted molar refractivity (Wildman–Crippen MR) is 94.7 cm³/mol. The molecular weight excluding hydrogens is 334 g/mol. The maximum absolute atomic E-state index is 13.5. The number of imide groups is 2. The number of unbranched alkanes of at least 4 members (excludes halogenated alkanes) is 1. The fraction of sp³-hybridized carbons (Fsp3) is 0.526. The molecule has 1 aromatic rings. The Hall–Kier alpha value is -2.41. The van der Waals surface area contributed by atoms with Gasteiger partial charge >= 0.3 is 6.03 Å². The van der Waals surface area contributed by atoms with Gasteiger partial charge in [-0.05, 0) is 24.5 Å². The van der Waals surface area contributed by atoms with Crippen molar-refractivity contribution in [3.63, 3.8) is 0 Å². The van der Waals surface area contributed by atoms with Crippen LogP contribution in [0.4, 0.5) is 10.5 Å². The number of ether oxygens (including phenoxy) is 1. The van der Waals surface area contributed by atoms with Crippen LogP contribution in [-0.2, 0) is 20.7 Å². The van der Waals surface area contributed by atoms with Gasteiger partial charge in [0.15, 0.2) is 5.41 Å². The molecular formula is C19H23N3O4. The fourth-order valence-corrected chi connectivity index (χ4v) is 4.33. The zero-order valence-corrected chi connectivity index (χ0v) is 14.9. The van der Waals surface area contributed by atoms with Gasteiger partial charge in [0.2, 0.25) is 11.8 Å². The first-order valence-electron chi connectivity index (χ1n) is 9.19. The number of amides is 4. The van der Waals surface area contributed by atoms with Crippen molar-refractivity contribution in [3.8, 4) is 0 Å². The number of benzene rings is 1. The van der Waals surface area contributed by atoms with E-state index in [1.54, 1.807) is 0 Å². The number of nitrogens with zero attached hydrogens (tertiary/aromatic N) is 2. The Balaban J connectivity index is 1.81. The van der Waals surface area contributed by atoms with Crippen LogP contribution in [0.15, 0.2) is 24.3 Å². The van der Waals surface area contributed by atoms with Crippen molar-refractivity contribution < 1.29 is 19.1 Å². The maximum atomic E-state index is 13.5. The number of urea groups is 1. The molecule has 138 valence electrons. The highest BCUT2D eigenvalue weighted by atomic mass is 16.5. The third-order valence-corrected chi connectivity index (χ3v) is 5.70. The second-order valence-corrected chi connectivity index (χ2v) is 7.13. The predicted octanol–water partition coefficient (Wildman–Crippen LogP) is 1.31. The molecule has 7 heteroatoms. The first kappa shape index (κ1) is 17.0. The van der Waals surface area contributed by atoms with E-state index in [-0.39, 0.29) is 6.42 Å². The summed E-state index contributed by atoms with van der Waals surface area (Å²) in [7, 11) is 0. The van der Waals surface area contributed by atoms with Gasteiger partial charge in [-0.15, -0.1) is 0 Å². The van der Waals surface area contributed by atoms with Crippen molar-refractivity contribution >= 4 is 23.5 Å². The molecule has 3 heterocycles. The molecule has 0 saturated carbocycles. The summed E-state index contributed by atoms with van der Waals surface area (Å²) in [5.74, 6) is -0.898. The summed E-state index contributed by atoms with van der Waals surface area (Å²) < 4.78 is 5.64. The van der Waals surface area contributed by atoms with Gasteiger partial charge in [0.05, 0.1) is 19.3 Å². The lowest BCUT2D eigenvalue weighted by Crippen LogP contribution is -2.73. The van der Waals surface area contributed by atoms with Crippen LogP contribution in [-0.4, -0.2) is 55.1 Å². The molecule has 4 amide bonds. The number of nitrogens with one attached hydrogen (secondary N) is 1. The number of fused-ring (bicyclic) bond motifs is 4. The topological polar surface area (TPSA) is 79.0 Å². The summed E-state index contributed by atoms with van der Waals surface area (Å²) >= 11 is 0. The molecule has 3 aliphatic rings. The minimum Gasteiger partial charge on any atom is -0.377 e. The number of hydrogen-bond acceptors (Lipinski definition) is 5. The van der Waals surface area contributed by atoms with Gasteiger partial charge in [-0.3, -0.25) is 19.8 Å². The average Bonchev–Trinajstić information content (AvgIpc) is 2.66. The maximum Gasteiger partial charge on any atom is 0.330 e. The molecule has 0 aromatic heterocycles. The quantitative estimate of drug-likeness (QED) is 0.826. The summed E-state index contributed by atoms with van der Waals surface area (Å²) in [6.07, 6.45) is 1.86. The van der Waals surface area contributed by atoms with Gasteiger partial charge in [-0.1, -0.05) is 31.5 Å². The molecule has 26 heavy (non-hydrogen) atoms. The van der Waals surface area contributed by atoms with Gasteiger partial charge in [0.25, 0.3) is 0 Å². The third kappa shape index (κ3) is 2.34. The average molecular weight is 357 g/mol. The van der Waals surface area contributed by atoms with E-state index in [1.807, 2.05) is 31.2 Å². The summed E-state index contributed by atoms with van der Waals surface area (Å²) in [6.45, 7) is 3.79. The smallest absolute Gasteiger partial charge is 0.330 e. The Morgan fingerprint density at radius 2 is 2.08 bits per heavy atom. The van der Waals surface area contributed by atoms with Crippen molar-refractivity contribution in [2.24, 2.45) is 5.41 Å². The molecule has 0 unspecified atom stereocenters. The zero-order valence-electron chi connectivity index (χ0n) is 14.9. The lowest BCUT2D eigenvalue weighted by Gasteiger charge is -2.53. The van der Waals surface area contributed by atoms with Crippen molar-refractivity contribution in [1.82, 2.24) is 10.2 Å². The van der Waals surface area contributed by atoms with Crippen molar-refractivity contribution in [2.75, 3.05) is 31.2 Å². The van der Waals surface area contributed by atoms with Crippen LogP contribution in [0.1, 0.15) is 25.3 Å². The molecule has 3 aliphatic heterocycles. The number of carbonyl (C=O) groups excluding carboxylic acids is 3. The summed E-state index contributed by atoms with van der Waals surface area (Å²) in [4.78, 5) is 42.1. The standard InChI is InChI=1S/C19H23N3O4/c1-2-3-8-22-17(24)19(16(23)20-18(22)25)11-13-6-4-5-7-14(13)21-9-10-26-12-15(19)21/h4-7,15H,2-3,8-12H2,1H3,(H,20,23,25)/t15-,19-/m0/s1. The van der Waals surface area contributed by atoms with Crippen LogP contribution >= 0.6 is 0 Å². The molecule has 1 aromatic carbocycles. The van der Waals surface area contributed by atoms with Gasteiger partial charge in [-0.25, -0.2) is 4.79 Å². The minimum atomic E-state index is -1.32. The van der Waals surface area contributed by atoms with E-state index in [4.69, 9.17) is 4.74 Å². The van der Waals surface area contributed by atoms with E-state index in [1.165, 1.54) is 4.90 Å².